The molecule has 1 heterocycles. The van der Waals surface area contributed by atoms with E-state index >= 15 is 0 Å². The Morgan fingerprint density at radius 2 is 2.14 bits per heavy atom. The second kappa shape index (κ2) is 5.63. The third-order valence-corrected chi connectivity index (χ3v) is 3.10. The van der Waals surface area contributed by atoms with Crippen LogP contribution in [0.5, 0.6) is 0 Å². The van der Waals surface area contributed by atoms with E-state index in [1.165, 1.54) is 0 Å². The Hall–Kier alpha value is -2.64. The van der Waals surface area contributed by atoms with E-state index in [1.807, 2.05) is 5.32 Å². The summed E-state index contributed by atoms with van der Waals surface area (Å²) >= 11 is 0. The second-order valence-electron chi connectivity index (χ2n) is 4.61. The number of benzene rings is 1. The Balaban J connectivity index is 2.34. The fourth-order valence-corrected chi connectivity index (χ4v) is 2.01. The number of carbonyl (C=O) groups excluding carboxylic acids is 2. The molecule has 1 amide bonds. The molecule has 22 heavy (non-hydrogen) atoms. The highest BCUT2D eigenvalue weighted by Crippen LogP contribution is 2.38. The molecule has 1 aromatic carbocycles. The number of hydrogen-bond donors (Lipinski definition) is 2. The number of Topliss-reactive ketones (excluding diaryl/α,β-unsaturated/α-hetero) is 1. The van der Waals surface area contributed by atoms with Crippen molar-refractivity contribution in [1.29, 1.82) is 0 Å². The first kappa shape index (κ1) is 15.7. The highest BCUT2D eigenvalue weighted by atomic mass is 19.1. The van der Waals surface area contributed by atoms with Gasteiger partial charge >= 0.3 is 6.09 Å². The van der Waals surface area contributed by atoms with Gasteiger partial charge in [-0.2, -0.15) is 0 Å². The standard InChI is InChI=1S/C14H13F2NO5/c1-3-21-13(20)17-12-10(18)11(19)14(2,22-12)8-6-7(15)4-5-9(8)16/h4-6,18H,3H2,1-2H3,(H,17,20). The molecule has 2 rings (SSSR count). The summed E-state index contributed by atoms with van der Waals surface area (Å²) < 4.78 is 36.9. The summed E-state index contributed by atoms with van der Waals surface area (Å²) in [5, 5.41) is 11.8. The van der Waals surface area contributed by atoms with Gasteiger partial charge in [0.05, 0.1) is 6.61 Å². The Bertz CT molecular complexity index is 673. The lowest BCUT2D eigenvalue weighted by Gasteiger charge is -2.24. The minimum atomic E-state index is -1.99. The summed E-state index contributed by atoms with van der Waals surface area (Å²) in [6.07, 6.45) is -0.958. The van der Waals surface area contributed by atoms with Crippen LogP contribution in [0.1, 0.15) is 19.4 Å². The average molecular weight is 313 g/mol. The lowest BCUT2D eigenvalue weighted by atomic mass is 9.91. The minimum Gasteiger partial charge on any atom is -0.501 e. The van der Waals surface area contributed by atoms with Gasteiger partial charge in [-0.1, -0.05) is 0 Å². The molecular formula is C14H13F2NO5. The zero-order valence-electron chi connectivity index (χ0n) is 11.8. The summed E-state index contributed by atoms with van der Waals surface area (Å²) in [7, 11) is 0. The Morgan fingerprint density at radius 1 is 1.45 bits per heavy atom. The normalized spacial score (nSPS) is 20.8. The van der Waals surface area contributed by atoms with Crippen LogP contribution in [0.25, 0.3) is 0 Å². The lowest BCUT2D eigenvalue weighted by Crippen LogP contribution is -2.33. The van der Waals surface area contributed by atoms with Crippen LogP contribution >= 0.6 is 0 Å². The van der Waals surface area contributed by atoms with E-state index in [1.54, 1.807) is 6.92 Å². The van der Waals surface area contributed by atoms with Gasteiger partial charge in [-0.05, 0) is 32.0 Å². The second-order valence-corrected chi connectivity index (χ2v) is 4.61. The van der Waals surface area contributed by atoms with Crippen molar-refractivity contribution in [3.63, 3.8) is 0 Å². The third-order valence-electron chi connectivity index (χ3n) is 3.10. The van der Waals surface area contributed by atoms with Crippen molar-refractivity contribution in [3.8, 4) is 0 Å². The van der Waals surface area contributed by atoms with Crippen LogP contribution in [0.2, 0.25) is 0 Å². The number of rotatable bonds is 3. The molecule has 0 fully saturated rings. The Morgan fingerprint density at radius 3 is 2.77 bits per heavy atom. The van der Waals surface area contributed by atoms with Crippen molar-refractivity contribution in [2.75, 3.05) is 6.61 Å². The third kappa shape index (κ3) is 2.59. The molecule has 1 atom stereocenters. The van der Waals surface area contributed by atoms with Gasteiger partial charge in [0.1, 0.15) is 11.6 Å². The number of amides is 1. The van der Waals surface area contributed by atoms with Crippen LogP contribution in [-0.4, -0.2) is 23.6 Å². The lowest BCUT2D eigenvalue weighted by molar-refractivity contribution is -0.132. The van der Waals surface area contributed by atoms with E-state index in [9.17, 15) is 23.5 Å². The molecule has 1 aliphatic rings. The van der Waals surface area contributed by atoms with Gasteiger partial charge in [0.25, 0.3) is 5.78 Å². The van der Waals surface area contributed by atoms with Crippen LogP contribution in [-0.2, 0) is 19.9 Å². The predicted octanol–water partition coefficient (Wildman–Crippen LogP) is 2.25. The van der Waals surface area contributed by atoms with Gasteiger partial charge in [0, 0.05) is 5.56 Å². The SMILES string of the molecule is CCOC(=O)NC1=C(O)C(=O)C(C)(c2cc(F)ccc2F)O1. The smallest absolute Gasteiger partial charge is 0.414 e. The number of carbonyl (C=O) groups is 2. The Kier molecular flexibility index (Phi) is 4.03. The summed E-state index contributed by atoms with van der Waals surface area (Å²) in [6.45, 7) is 2.77. The molecule has 8 heteroatoms. The maximum absolute atomic E-state index is 13.9. The molecule has 0 aromatic heterocycles. The summed E-state index contributed by atoms with van der Waals surface area (Å²) in [4.78, 5) is 23.4. The fourth-order valence-electron chi connectivity index (χ4n) is 2.01. The fraction of sp³-hybridized carbons (Fsp3) is 0.286. The van der Waals surface area contributed by atoms with Crippen LogP contribution < -0.4 is 5.32 Å². The van der Waals surface area contributed by atoms with Gasteiger partial charge in [-0.15, -0.1) is 0 Å². The van der Waals surface area contributed by atoms with Gasteiger partial charge < -0.3 is 14.6 Å². The molecule has 6 nitrogen and oxygen atoms in total. The van der Waals surface area contributed by atoms with E-state index in [2.05, 4.69) is 4.74 Å². The number of aliphatic hydroxyl groups excluding tert-OH is 1. The van der Waals surface area contributed by atoms with Crippen molar-refractivity contribution < 1.29 is 33.0 Å². The Labute approximate surface area is 124 Å². The van der Waals surface area contributed by atoms with Crippen molar-refractivity contribution in [1.82, 2.24) is 5.32 Å². The highest BCUT2D eigenvalue weighted by molar-refractivity contribution is 6.03. The molecule has 0 bridgehead atoms. The predicted molar refractivity (Wildman–Crippen MR) is 69.6 cm³/mol. The molecule has 1 aliphatic heterocycles. The zero-order chi connectivity index (χ0) is 16.5. The number of alkyl carbamates (subject to hydrolysis) is 1. The van der Waals surface area contributed by atoms with Crippen LogP contribution in [0.3, 0.4) is 0 Å². The van der Waals surface area contributed by atoms with Gasteiger partial charge in [0.15, 0.2) is 0 Å². The largest absolute Gasteiger partial charge is 0.501 e. The number of ether oxygens (including phenoxy) is 2. The molecule has 1 aromatic rings. The molecule has 0 aliphatic carbocycles. The van der Waals surface area contributed by atoms with E-state index in [-0.39, 0.29) is 6.61 Å². The molecule has 2 N–H and O–H groups in total. The molecule has 1 unspecified atom stereocenters. The average Bonchev–Trinajstić information content (AvgIpc) is 2.67. The van der Waals surface area contributed by atoms with Gasteiger partial charge in [0.2, 0.25) is 17.2 Å². The van der Waals surface area contributed by atoms with Crippen molar-refractivity contribution >= 4 is 11.9 Å². The maximum atomic E-state index is 13.9. The highest BCUT2D eigenvalue weighted by Gasteiger charge is 2.50. The number of ketones is 1. The molecule has 0 spiro atoms. The van der Waals surface area contributed by atoms with Gasteiger partial charge in [-0.25, -0.2) is 13.6 Å². The van der Waals surface area contributed by atoms with E-state index in [4.69, 9.17) is 4.74 Å². The number of halogens is 2. The van der Waals surface area contributed by atoms with Crippen LogP contribution in [0.4, 0.5) is 13.6 Å². The first-order chi connectivity index (χ1) is 10.3. The number of hydrogen-bond acceptors (Lipinski definition) is 5. The minimum absolute atomic E-state index is 0.0591. The molecule has 0 saturated carbocycles. The topological polar surface area (TPSA) is 84.9 Å². The van der Waals surface area contributed by atoms with E-state index in [0.29, 0.717) is 0 Å². The van der Waals surface area contributed by atoms with Crippen molar-refractivity contribution in [2.45, 2.75) is 19.4 Å². The number of nitrogens with one attached hydrogen (secondary N) is 1. The molecular weight excluding hydrogens is 300 g/mol. The molecule has 118 valence electrons. The van der Waals surface area contributed by atoms with Crippen molar-refractivity contribution in [2.24, 2.45) is 0 Å². The quantitative estimate of drug-likeness (QED) is 0.894. The zero-order valence-corrected chi connectivity index (χ0v) is 11.8. The van der Waals surface area contributed by atoms with Crippen LogP contribution in [0, 0.1) is 11.6 Å². The first-order valence-corrected chi connectivity index (χ1v) is 6.36. The summed E-state index contributed by atoms with van der Waals surface area (Å²) in [6, 6.07) is 2.50. The molecule has 0 saturated heterocycles. The molecule has 0 radical (unpaired) electrons. The van der Waals surface area contributed by atoms with Crippen molar-refractivity contribution in [3.05, 3.63) is 47.0 Å². The van der Waals surface area contributed by atoms with E-state index in [0.717, 1.165) is 25.1 Å². The maximum Gasteiger partial charge on any atom is 0.414 e. The van der Waals surface area contributed by atoms with E-state index < -0.39 is 46.3 Å². The summed E-state index contributed by atoms with van der Waals surface area (Å²) in [5.41, 5.74) is -2.39. The van der Waals surface area contributed by atoms with Crippen LogP contribution in [0.15, 0.2) is 29.8 Å². The number of aliphatic hydroxyl groups is 1. The first-order valence-electron chi connectivity index (χ1n) is 6.36. The van der Waals surface area contributed by atoms with Gasteiger partial charge in [-0.3, -0.25) is 10.1 Å². The summed E-state index contributed by atoms with van der Waals surface area (Å²) in [5.74, 6) is -4.15. The monoisotopic (exact) mass is 313 g/mol.